The Balaban J connectivity index is 1.66. The smallest absolute Gasteiger partial charge is 0.264 e. The van der Waals surface area contributed by atoms with Gasteiger partial charge in [-0.3, -0.25) is 9.52 Å². The van der Waals surface area contributed by atoms with Gasteiger partial charge in [0.25, 0.3) is 15.9 Å². The van der Waals surface area contributed by atoms with E-state index in [9.17, 15) is 13.2 Å². The molecule has 9 nitrogen and oxygen atoms in total. The van der Waals surface area contributed by atoms with Crippen LogP contribution in [0.1, 0.15) is 0 Å². The summed E-state index contributed by atoms with van der Waals surface area (Å²) in [5, 5.41) is 2.80. The molecule has 11 heteroatoms. The molecule has 2 heterocycles. The maximum absolute atomic E-state index is 12.9. The van der Waals surface area contributed by atoms with Crippen LogP contribution < -0.4 is 14.8 Å². The van der Waals surface area contributed by atoms with Crippen molar-refractivity contribution in [2.24, 2.45) is 0 Å². The number of hydrogen-bond donors (Lipinski definition) is 2. The molecule has 1 unspecified atom stereocenters. The standard InChI is InChI=1S/C19H17ClN4O5S/c20-13-5-1-4-8-16(13)30(26,27)24-18-19(23-15-7-3-2-6-14(15)22-18)29-10-12-9-28-11-17(25)21-12/h1-8,12H,9-11H2,(H,21,25)(H,22,24). The van der Waals surface area contributed by atoms with Gasteiger partial charge in [0.1, 0.15) is 18.1 Å². The molecule has 2 N–H and O–H groups in total. The van der Waals surface area contributed by atoms with Gasteiger partial charge < -0.3 is 14.8 Å². The highest BCUT2D eigenvalue weighted by Crippen LogP contribution is 2.28. The van der Waals surface area contributed by atoms with Crippen LogP contribution in [0.15, 0.2) is 53.4 Å². The minimum atomic E-state index is -4.05. The monoisotopic (exact) mass is 448 g/mol. The predicted molar refractivity (Wildman–Crippen MR) is 110 cm³/mol. The number of sulfonamides is 1. The lowest BCUT2D eigenvalue weighted by molar-refractivity contribution is -0.131. The van der Waals surface area contributed by atoms with Crippen LogP contribution in [0.4, 0.5) is 5.82 Å². The fourth-order valence-electron chi connectivity index (χ4n) is 2.87. The second-order valence-corrected chi connectivity index (χ2v) is 8.55. The molecule has 1 saturated heterocycles. The number of hydrogen-bond acceptors (Lipinski definition) is 7. The summed E-state index contributed by atoms with van der Waals surface area (Å²) in [4.78, 5) is 20.1. The Morgan fingerprint density at radius 1 is 1.13 bits per heavy atom. The molecule has 0 radical (unpaired) electrons. The molecule has 1 amide bonds. The summed E-state index contributed by atoms with van der Waals surface area (Å²) in [7, 11) is -4.05. The van der Waals surface area contributed by atoms with Crippen molar-refractivity contribution in [1.29, 1.82) is 0 Å². The van der Waals surface area contributed by atoms with E-state index in [0.717, 1.165) is 0 Å². The second-order valence-electron chi connectivity index (χ2n) is 6.49. The first kappa shape index (κ1) is 20.3. The third kappa shape index (κ3) is 4.45. The molecule has 0 spiro atoms. The molecular formula is C19H17ClN4O5S. The highest BCUT2D eigenvalue weighted by Gasteiger charge is 2.24. The van der Waals surface area contributed by atoms with E-state index in [0.29, 0.717) is 11.0 Å². The zero-order chi connectivity index (χ0) is 21.1. The number of aromatic nitrogens is 2. The molecule has 156 valence electrons. The van der Waals surface area contributed by atoms with Crippen LogP contribution in [-0.2, 0) is 19.6 Å². The van der Waals surface area contributed by atoms with Crippen LogP contribution >= 0.6 is 11.6 Å². The number of rotatable bonds is 6. The molecule has 1 aliphatic rings. The van der Waals surface area contributed by atoms with Crippen molar-refractivity contribution in [3.8, 4) is 5.88 Å². The number of halogens is 1. The highest BCUT2D eigenvalue weighted by molar-refractivity contribution is 7.92. The Bertz CT molecular complexity index is 1200. The maximum Gasteiger partial charge on any atom is 0.264 e. The molecule has 1 aromatic heterocycles. The fraction of sp³-hybridized carbons (Fsp3) is 0.211. The van der Waals surface area contributed by atoms with Gasteiger partial charge in [0, 0.05) is 0 Å². The normalized spacial score (nSPS) is 16.8. The summed E-state index contributed by atoms with van der Waals surface area (Å²) in [6, 6.07) is 12.6. The minimum absolute atomic E-state index is 0.00480. The lowest BCUT2D eigenvalue weighted by Gasteiger charge is -2.23. The van der Waals surface area contributed by atoms with Crippen molar-refractivity contribution >= 4 is 44.4 Å². The number of carbonyl (C=O) groups excluding carboxylic acids is 1. The van der Waals surface area contributed by atoms with Crippen molar-refractivity contribution in [2.45, 2.75) is 10.9 Å². The molecule has 3 aromatic rings. The molecule has 30 heavy (non-hydrogen) atoms. The number of ether oxygens (including phenoxy) is 2. The molecule has 1 fully saturated rings. The molecular weight excluding hydrogens is 432 g/mol. The zero-order valence-electron chi connectivity index (χ0n) is 15.5. The van der Waals surface area contributed by atoms with Crippen LogP contribution in [0.3, 0.4) is 0 Å². The van der Waals surface area contributed by atoms with E-state index in [4.69, 9.17) is 21.1 Å². The topological polar surface area (TPSA) is 120 Å². The number of fused-ring (bicyclic) bond motifs is 1. The summed E-state index contributed by atoms with van der Waals surface area (Å²) in [5.74, 6) is -0.361. The van der Waals surface area contributed by atoms with Gasteiger partial charge in [-0.05, 0) is 24.3 Å². The summed E-state index contributed by atoms with van der Waals surface area (Å²) in [6.07, 6.45) is 0. The fourth-order valence-corrected chi connectivity index (χ4v) is 4.39. The van der Waals surface area contributed by atoms with Crippen LogP contribution in [0.5, 0.6) is 5.88 Å². The maximum atomic E-state index is 12.9. The van der Waals surface area contributed by atoms with E-state index in [1.54, 1.807) is 36.4 Å². The second kappa shape index (κ2) is 8.42. The Labute approximate surface area is 177 Å². The Morgan fingerprint density at radius 2 is 1.83 bits per heavy atom. The summed E-state index contributed by atoms with van der Waals surface area (Å²) >= 11 is 6.05. The van der Waals surface area contributed by atoms with Crippen molar-refractivity contribution in [2.75, 3.05) is 24.5 Å². The molecule has 0 bridgehead atoms. The van der Waals surface area contributed by atoms with Gasteiger partial charge in [-0.1, -0.05) is 35.9 Å². The van der Waals surface area contributed by atoms with Crippen molar-refractivity contribution < 1.29 is 22.7 Å². The Hall–Kier alpha value is -2.95. The summed E-state index contributed by atoms with van der Waals surface area (Å²) < 4.78 is 39.0. The van der Waals surface area contributed by atoms with Gasteiger partial charge in [0.15, 0.2) is 0 Å². The van der Waals surface area contributed by atoms with E-state index >= 15 is 0 Å². The number of carbonyl (C=O) groups is 1. The molecule has 1 atom stereocenters. The number of benzene rings is 2. The third-order valence-corrected chi connectivity index (χ3v) is 6.07. The van der Waals surface area contributed by atoms with Gasteiger partial charge in [0.05, 0.1) is 28.7 Å². The number of nitrogens with one attached hydrogen (secondary N) is 2. The Kier molecular flexibility index (Phi) is 5.71. The lowest BCUT2D eigenvalue weighted by atomic mass is 10.3. The quantitative estimate of drug-likeness (QED) is 0.591. The van der Waals surface area contributed by atoms with Crippen LogP contribution in [0.2, 0.25) is 5.02 Å². The first-order valence-corrected chi connectivity index (χ1v) is 10.8. The van der Waals surface area contributed by atoms with Crippen molar-refractivity contribution in [3.63, 3.8) is 0 Å². The molecule has 2 aromatic carbocycles. The molecule has 0 aliphatic carbocycles. The van der Waals surface area contributed by atoms with Gasteiger partial charge in [-0.25, -0.2) is 18.4 Å². The van der Waals surface area contributed by atoms with Crippen LogP contribution in [-0.4, -0.2) is 50.2 Å². The number of para-hydroxylation sites is 2. The van der Waals surface area contributed by atoms with Crippen molar-refractivity contribution in [1.82, 2.24) is 15.3 Å². The number of anilines is 1. The lowest BCUT2D eigenvalue weighted by Crippen LogP contribution is -2.48. The predicted octanol–water partition coefficient (Wildman–Crippen LogP) is 1.98. The van der Waals surface area contributed by atoms with E-state index in [1.165, 1.54) is 12.1 Å². The largest absolute Gasteiger partial charge is 0.473 e. The van der Waals surface area contributed by atoms with E-state index in [-0.39, 0.29) is 47.3 Å². The van der Waals surface area contributed by atoms with E-state index < -0.39 is 16.1 Å². The SMILES string of the molecule is O=C1COCC(COc2nc3ccccc3nc2NS(=O)(=O)c2ccccc2Cl)N1. The minimum Gasteiger partial charge on any atom is -0.473 e. The average molecular weight is 449 g/mol. The number of nitrogens with zero attached hydrogens (tertiary/aromatic N) is 2. The first-order chi connectivity index (χ1) is 14.4. The van der Waals surface area contributed by atoms with Gasteiger partial charge in [0.2, 0.25) is 11.7 Å². The van der Waals surface area contributed by atoms with Crippen molar-refractivity contribution in [3.05, 3.63) is 53.6 Å². The summed E-state index contributed by atoms with van der Waals surface area (Å²) in [5.41, 5.74) is 1.01. The van der Waals surface area contributed by atoms with E-state index in [2.05, 4.69) is 20.0 Å². The average Bonchev–Trinajstić information content (AvgIpc) is 2.72. The highest BCUT2D eigenvalue weighted by atomic mass is 35.5. The third-order valence-electron chi connectivity index (χ3n) is 4.23. The number of morpholine rings is 1. The Morgan fingerprint density at radius 3 is 2.57 bits per heavy atom. The van der Waals surface area contributed by atoms with Gasteiger partial charge >= 0.3 is 0 Å². The molecule has 4 rings (SSSR count). The summed E-state index contributed by atoms with van der Waals surface area (Å²) in [6.45, 7) is 0.294. The number of amides is 1. The molecule has 1 aliphatic heterocycles. The zero-order valence-corrected chi connectivity index (χ0v) is 17.1. The first-order valence-electron chi connectivity index (χ1n) is 8.96. The van der Waals surface area contributed by atoms with E-state index in [1.807, 2.05) is 0 Å². The molecule has 0 saturated carbocycles. The van der Waals surface area contributed by atoms with Crippen LogP contribution in [0.25, 0.3) is 11.0 Å². The van der Waals surface area contributed by atoms with Gasteiger partial charge in [-0.15, -0.1) is 0 Å². The van der Waals surface area contributed by atoms with Gasteiger partial charge in [-0.2, -0.15) is 0 Å². The van der Waals surface area contributed by atoms with Crippen LogP contribution in [0, 0.1) is 0 Å².